The summed E-state index contributed by atoms with van der Waals surface area (Å²) in [6, 6.07) is 13.6. The highest BCUT2D eigenvalue weighted by atomic mass is 35.5. The number of hydrogen-bond donors (Lipinski definition) is 0. The van der Waals surface area contributed by atoms with Crippen molar-refractivity contribution in [3.63, 3.8) is 0 Å². The number of nitrogens with zero attached hydrogens (tertiary/aromatic N) is 3. The molecule has 0 atom stereocenters. The third-order valence-corrected chi connectivity index (χ3v) is 5.91. The Kier molecular flexibility index (Phi) is 5.62. The molecule has 1 saturated heterocycles. The molecular formula is C21H13ClFN3O4S. The molecule has 2 heterocycles. The van der Waals surface area contributed by atoms with Gasteiger partial charge in [-0.15, -0.1) is 0 Å². The fourth-order valence-electron chi connectivity index (χ4n) is 3.09. The maximum atomic E-state index is 14.1. The summed E-state index contributed by atoms with van der Waals surface area (Å²) in [6.45, 7) is -0.267. The molecule has 1 fully saturated rings. The fourth-order valence-corrected chi connectivity index (χ4v) is 4.14. The number of amides is 2. The minimum absolute atomic E-state index is 0.0367. The van der Waals surface area contributed by atoms with E-state index >= 15 is 0 Å². The van der Waals surface area contributed by atoms with Crippen molar-refractivity contribution >= 4 is 46.3 Å². The molecule has 10 heteroatoms. The Morgan fingerprint density at radius 1 is 1.10 bits per heavy atom. The Bertz CT molecular complexity index is 1220. The number of halogens is 2. The van der Waals surface area contributed by atoms with Gasteiger partial charge in [0, 0.05) is 40.3 Å². The van der Waals surface area contributed by atoms with Gasteiger partial charge in [-0.05, 0) is 54.2 Å². The lowest BCUT2D eigenvalue weighted by molar-refractivity contribution is -0.384. The largest absolute Gasteiger partial charge is 0.317 e. The Morgan fingerprint density at radius 2 is 1.84 bits per heavy atom. The highest BCUT2D eigenvalue weighted by molar-refractivity contribution is 8.18. The Hall–Kier alpha value is -3.43. The van der Waals surface area contributed by atoms with E-state index in [1.807, 2.05) is 0 Å². The summed E-state index contributed by atoms with van der Waals surface area (Å²) in [6.07, 6.45) is 3.28. The first-order valence-corrected chi connectivity index (χ1v) is 10.1. The number of thioether (sulfide) groups is 1. The predicted octanol–water partition coefficient (Wildman–Crippen LogP) is 5.41. The molecule has 1 aromatic heterocycles. The number of aromatic nitrogens is 1. The van der Waals surface area contributed by atoms with Crippen LogP contribution in [0.25, 0.3) is 11.8 Å². The molecule has 1 aliphatic rings. The van der Waals surface area contributed by atoms with E-state index in [1.165, 1.54) is 30.3 Å². The first kappa shape index (κ1) is 20.8. The van der Waals surface area contributed by atoms with Crippen molar-refractivity contribution in [3.8, 4) is 5.69 Å². The van der Waals surface area contributed by atoms with Crippen LogP contribution in [0, 0.1) is 15.9 Å². The number of imide groups is 1. The number of carbonyl (C=O) groups is 2. The van der Waals surface area contributed by atoms with Crippen LogP contribution in [0.5, 0.6) is 0 Å². The topological polar surface area (TPSA) is 85.5 Å². The highest BCUT2D eigenvalue weighted by Crippen LogP contribution is 2.35. The summed E-state index contributed by atoms with van der Waals surface area (Å²) in [5.74, 6) is -1.15. The number of hydrogen-bond acceptors (Lipinski definition) is 5. The lowest BCUT2D eigenvalue weighted by atomic mass is 10.2. The summed E-state index contributed by atoms with van der Waals surface area (Å²) in [7, 11) is 0. The SMILES string of the molecule is O=C1S/C(=C\c2cccn2-c2ccc([N+](=O)[O-])cc2)C(=O)N1Cc1c(F)cccc1Cl. The van der Waals surface area contributed by atoms with Crippen LogP contribution in [-0.4, -0.2) is 25.5 Å². The molecule has 3 aromatic rings. The van der Waals surface area contributed by atoms with E-state index < -0.39 is 21.9 Å². The zero-order chi connectivity index (χ0) is 22.1. The molecular weight excluding hydrogens is 445 g/mol. The second kappa shape index (κ2) is 8.37. The average Bonchev–Trinajstić information content (AvgIpc) is 3.30. The lowest BCUT2D eigenvalue weighted by Gasteiger charge is -2.14. The van der Waals surface area contributed by atoms with Gasteiger partial charge in [-0.2, -0.15) is 0 Å². The third kappa shape index (κ3) is 4.10. The van der Waals surface area contributed by atoms with Gasteiger partial charge in [0.05, 0.1) is 16.4 Å². The van der Waals surface area contributed by atoms with Crippen LogP contribution in [0.15, 0.2) is 65.7 Å². The Morgan fingerprint density at radius 3 is 2.52 bits per heavy atom. The van der Waals surface area contributed by atoms with Gasteiger partial charge in [-0.25, -0.2) is 4.39 Å². The molecule has 2 aromatic carbocycles. The molecule has 31 heavy (non-hydrogen) atoms. The van der Waals surface area contributed by atoms with Crippen LogP contribution >= 0.6 is 23.4 Å². The fraction of sp³-hybridized carbons (Fsp3) is 0.0476. The summed E-state index contributed by atoms with van der Waals surface area (Å²) in [5, 5.41) is 10.5. The molecule has 0 N–H and O–H groups in total. The van der Waals surface area contributed by atoms with Gasteiger partial charge >= 0.3 is 0 Å². The van der Waals surface area contributed by atoms with Crippen LogP contribution in [-0.2, 0) is 11.3 Å². The van der Waals surface area contributed by atoms with Crippen LogP contribution in [0.3, 0.4) is 0 Å². The quantitative estimate of drug-likeness (QED) is 0.290. The summed E-state index contributed by atoms with van der Waals surface area (Å²) in [4.78, 5) is 36.7. The zero-order valence-corrected chi connectivity index (χ0v) is 17.3. The van der Waals surface area contributed by atoms with Gasteiger partial charge in [-0.3, -0.25) is 24.6 Å². The van der Waals surface area contributed by atoms with Crippen LogP contribution in [0.1, 0.15) is 11.3 Å². The van der Waals surface area contributed by atoms with E-state index in [0.29, 0.717) is 11.4 Å². The molecule has 7 nitrogen and oxygen atoms in total. The standard InChI is InChI=1S/C21H13ClFN3O4S/c22-17-4-1-5-18(23)16(17)12-25-20(27)19(31-21(25)28)11-15-3-2-10-24(15)13-6-8-14(9-7-13)26(29)30/h1-11H,12H2/b19-11-. The van der Waals surface area contributed by atoms with E-state index in [2.05, 4.69) is 0 Å². The third-order valence-electron chi connectivity index (χ3n) is 4.65. The monoisotopic (exact) mass is 457 g/mol. The van der Waals surface area contributed by atoms with Gasteiger partial charge in [-0.1, -0.05) is 17.7 Å². The van der Waals surface area contributed by atoms with Crippen molar-refractivity contribution in [3.05, 3.63) is 97.9 Å². The van der Waals surface area contributed by atoms with Gasteiger partial charge in [0.2, 0.25) is 0 Å². The first-order chi connectivity index (χ1) is 14.8. The molecule has 0 unspecified atom stereocenters. The molecule has 4 rings (SSSR count). The number of rotatable bonds is 5. The van der Waals surface area contributed by atoms with Crippen molar-refractivity contribution in [2.24, 2.45) is 0 Å². The number of carbonyl (C=O) groups excluding carboxylic acids is 2. The highest BCUT2D eigenvalue weighted by Gasteiger charge is 2.36. The molecule has 0 bridgehead atoms. The van der Waals surface area contributed by atoms with E-state index in [9.17, 15) is 24.1 Å². The Balaban J connectivity index is 1.61. The maximum Gasteiger partial charge on any atom is 0.293 e. The van der Waals surface area contributed by atoms with Crippen molar-refractivity contribution in [2.45, 2.75) is 6.54 Å². The molecule has 0 aliphatic carbocycles. The molecule has 156 valence electrons. The maximum absolute atomic E-state index is 14.1. The lowest BCUT2D eigenvalue weighted by Crippen LogP contribution is -2.28. The average molecular weight is 458 g/mol. The number of nitro groups is 1. The predicted molar refractivity (Wildman–Crippen MR) is 115 cm³/mol. The summed E-state index contributed by atoms with van der Waals surface area (Å²) in [5.41, 5.74) is 1.29. The first-order valence-electron chi connectivity index (χ1n) is 8.95. The summed E-state index contributed by atoms with van der Waals surface area (Å²) < 4.78 is 15.8. The van der Waals surface area contributed by atoms with Crippen molar-refractivity contribution in [1.29, 1.82) is 0 Å². The number of non-ortho nitro benzene ring substituents is 1. The van der Waals surface area contributed by atoms with Crippen molar-refractivity contribution in [2.75, 3.05) is 0 Å². The van der Waals surface area contributed by atoms with E-state index in [0.717, 1.165) is 16.7 Å². The van der Waals surface area contributed by atoms with Gasteiger partial charge in [0.1, 0.15) is 5.82 Å². The van der Waals surface area contributed by atoms with Crippen molar-refractivity contribution < 1.29 is 18.9 Å². The molecule has 1 aliphatic heterocycles. The zero-order valence-electron chi connectivity index (χ0n) is 15.7. The van der Waals surface area contributed by atoms with E-state index in [1.54, 1.807) is 41.1 Å². The number of nitro benzene ring substituents is 1. The summed E-state index contributed by atoms with van der Waals surface area (Å²) >= 11 is 6.77. The van der Waals surface area contributed by atoms with Crippen molar-refractivity contribution in [1.82, 2.24) is 9.47 Å². The van der Waals surface area contributed by atoms with Crippen LogP contribution < -0.4 is 0 Å². The van der Waals surface area contributed by atoms with Gasteiger partial charge in [0.15, 0.2) is 0 Å². The van der Waals surface area contributed by atoms with Crippen LogP contribution in [0.4, 0.5) is 14.9 Å². The second-order valence-electron chi connectivity index (χ2n) is 6.54. The van der Waals surface area contributed by atoms with Crippen LogP contribution in [0.2, 0.25) is 5.02 Å². The number of benzene rings is 2. The van der Waals surface area contributed by atoms with Gasteiger partial charge in [0.25, 0.3) is 16.8 Å². The molecule has 0 saturated carbocycles. The second-order valence-corrected chi connectivity index (χ2v) is 7.95. The molecule has 0 radical (unpaired) electrons. The molecule has 0 spiro atoms. The van der Waals surface area contributed by atoms with E-state index in [-0.39, 0.29) is 27.7 Å². The molecule has 2 amide bonds. The van der Waals surface area contributed by atoms with Gasteiger partial charge < -0.3 is 4.57 Å². The van der Waals surface area contributed by atoms with E-state index in [4.69, 9.17) is 11.6 Å². The minimum atomic E-state index is -0.595. The minimum Gasteiger partial charge on any atom is -0.317 e. The smallest absolute Gasteiger partial charge is 0.293 e. The normalized spacial score (nSPS) is 15.2. The Labute approximate surface area is 184 Å².